The highest BCUT2D eigenvalue weighted by atomic mass is 32.1. The van der Waals surface area contributed by atoms with Gasteiger partial charge in [-0.3, -0.25) is 0 Å². The summed E-state index contributed by atoms with van der Waals surface area (Å²) in [6, 6.07) is 3.28. The van der Waals surface area contributed by atoms with E-state index in [1.54, 1.807) is 12.1 Å². The Morgan fingerprint density at radius 1 is 1.11 bits per heavy atom. The van der Waals surface area contributed by atoms with Crippen molar-refractivity contribution in [3.8, 4) is 11.5 Å². The zero-order valence-electron chi connectivity index (χ0n) is 10.0. The lowest BCUT2D eigenvalue weighted by Crippen LogP contribution is -2.26. The molecule has 0 heterocycles. The summed E-state index contributed by atoms with van der Waals surface area (Å²) in [5, 5.41) is 0. The lowest BCUT2D eigenvalue weighted by atomic mass is 10.3. The minimum absolute atomic E-state index is 0.0717. The van der Waals surface area contributed by atoms with Gasteiger partial charge in [0.05, 0.1) is 19.9 Å². The fourth-order valence-electron chi connectivity index (χ4n) is 1.23. The van der Waals surface area contributed by atoms with Crippen molar-refractivity contribution in [1.82, 2.24) is 0 Å². The summed E-state index contributed by atoms with van der Waals surface area (Å²) in [5.41, 5.74) is 16.4. The quantitative estimate of drug-likeness (QED) is 0.355. The lowest BCUT2D eigenvalue weighted by molar-refractivity contribution is 0.354. The van der Waals surface area contributed by atoms with Crippen LogP contribution in [0.2, 0.25) is 0 Å². The molecular formula is C10H15N5O2S. The van der Waals surface area contributed by atoms with Gasteiger partial charge in [-0.05, 0) is 6.07 Å². The maximum Gasteiger partial charge on any atom is 0.223 e. The smallest absolute Gasteiger partial charge is 0.223 e. The Hall–Kier alpha value is -2.09. The summed E-state index contributed by atoms with van der Waals surface area (Å²) >= 11 is 4.26. The Bertz CT molecular complexity index is 497. The normalized spacial score (nSPS) is 10.9. The summed E-state index contributed by atoms with van der Waals surface area (Å²) < 4.78 is 10.3. The number of nitrogens with two attached hydrogens (primary N) is 3. The van der Waals surface area contributed by atoms with Crippen molar-refractivity contribution >= 4 is 30.2 Å². The van der Waals surface area contributed by atoms with Gasteiger partial charge >= 0.3 is 0 Å². The highest BCUT2D eigenvalue weighted by molar-refractivity contribution is 7.80. The van der Waals surface area contributed by atoms with Crippen LogP contribution in [-0.4, -0.2) is 26.1 Å². The summed E-state index contributed by atoms with van der Waals surface area (Å²) in [5.74, 6) is 0.809. The number of rotatable bonds is 3. The molecule has 0 radical (unpaired) electrons. The molecule has 18 heavy (non-hydrogen) atoms. The lowest BCUT2D eigenvalue weighted by Gasteiger charge is -2.09. The van der Waals surface area contributed by atoms with Crippen LogP contribution in [0.5, 0.6) is 11.5 Å². The maximum atomic E-state index is 5.53. The summed E-state index contributed by atoms with van der Waals surface area (Å²) in [6.45, 7) is 0. The average molecular weight is 269 g/mol. The highest BCUT2D eigenvalue weighted by Gasteiger charge is 2.08. The Labute approximate surface area is 110 Å². The van der Waals surface area contributed by atoms with E-state index in [9.17, 15) is 0 Å². The molecule has 8 heteroatoms. The Morgan fingerprint density at radius 2 is 1.67 bits per heavy atom. The summed E-state index contributed by atoms with van der Waals surface area (Å²) in [4.78, 5) is 8.18. The molecule has 1 rings (SSSR count). The van der Waals surface area contributed by atoms with Crippen molar-refractivity contribution in [2.75, 3.05) is 14.2 Å². The number of thiol groups is 1. The molecule has 6 N–H and O–H groups in total. The van der Waals surface area contributed by atoms with Crippen LogP contribution in [0.4, 0.5) is 5.69 Å². The SMILES string of the molecule is COc1cc(S)c(N=C(N)N=C(N)N)cc1OC. The van der Waals surface area contributed by atoms with Gasteiger partial charge in [0.15, 0.2) is 17.5 Å². The van der Waals surface area contributed by atoms with Gasteiger partial charge in [0, 0.05) is 11.0 Å². The van der Waals surface area contributed by atoms with Gasteiger partial charge in [-0.15, -0.1) is 12.6 Å². The molecule has 0 unspecified atom stereocenters. The topological polar surface area (TPSA) is 121 Å². The van der Waals surface area contributed by atoms with Crippen LogP contribution in [0, 0.1) is 0 Å². The minimum Gasteiger partial charge on any atom is -0.493 e. The third kappa shape index (κ3) is 3.45. The third-order valence-electron chi connectivity index (χ3n) is 1.96. The van der Waals surface area contributed by atoms with Crippen LogP contribution in [0.15, 0.2) is 27.0 Å². The van der Waals surface area contributed by atoms with E-state index in [0.29, 0.717) is 22.1 Å². The molecule has 0 spiro atoms. The van der Waals surface area contributed by atoms with Gasteiger partial charge in [0.1, 0.15) is 0 Å². The van der Waals surface area contributed by atoms with Crippen molar-refractivity contribution in [1.29, 1.82) is 0 Å². The largest absolute Gasteiger partial charge is 0.493 e. The number of benzene rings is 1. The first-order valence-electron chi connectivity index (χ1n) is 4.86. The van der Waals surface area contributed by atoms with Crippen molar-refractivity contribution in [2.45, 2.75) is 4.90 Å². The standard InChI is InChI=1S/C10H15N5O2S/c1-16-6-3-5(8(18)4-7(6)17-2)14-10(13)15-9(11)12/h3-4,18H,1-2H3,(H6,11,12,13,14,15). The summed E-state index contributed by atoms with van der Waals surface area (Å²) in [6.07, 6.45) is 0. The predicted octanol–water partition coefficient (Wildman–Crippen LogP) is 0.212. The van der Waals surface area contributed by atoms with Crippen molar-refractivity contribution in [3.63, 3.8) is 0 Å². The second-order valence-corrected chi connectivity index (χ2v) is 3.68. The molecule has 0 saturated heterocycles. The van der Waals surface area contributed by atoms with E-state index in [4.69, 9.17) is 26.7 Å². The van der Waals surface area contributed by atoms with Crippen LogP contribution < -0.4 is 26.7 Å². The van der Waals surface area contributed by atoms with Crippen LogP contribution in [0.1, 0.15) is 0 Å². The molecule has 0 aliphatic rings. The summed E-state index contributed by atoms with van der Waals surface area (Å²) in [7, 11) is 3.05. The zero-order valence-corrected chi connectivity index (χ0v) is 10.9. The number of hydrogen-bond donors (Lipinski definition) is 4. The number of methoxy groups -OCH3 is 2. The van der Waals surface area contributed by atoms with Gasteiger partial charge in [0.25, 0.3) is 0 Å². The molecule has 0 saturated carbocycles. The predicted molar refractivity (Wildman–Crippen MR) is 73.9 cm³/mol. The fraction of sp³-hybridized carbons (Fsp3) is 0.200. The number of aliphatic imine (C=N–C) groups is 2. The van der Waals surface area contributed by atoms with E-state index in [2.05, 4.69) is 22.6 Å². The number of hydrogen-bond acceptors (Lipinski definition) is 4. The van der Waals surface area contributed by atoms with E-state index >= 15 is 0 Å². The Kier molecular flexibility index (Phi) is 4.67. The Morgan fingerprint density at radius 3 is 2.17 bits per heavy atom. The zero-order chi connectivity index (χ0) is 13.7. The fourth-order valence-corrected chi connectivity index (χ4v) is 1.46. The molecule has 1 aromatic carbocycles. The number of nitrogens with zero attached hydrogens (tertiary/aromatic N) is 2. The molecular weight excluding hydrogens is 254 g/mol. The Balaban J connectivity index is 3.22. The van der Waals surface area contributed by atoms with Crippen molar-refractivity contribution in [3.05, 3.63) is 12.1 Å². The molecule has 1 aromatic rings. The molecule has 0 fully saturated rings. The first-order chi connectivity index (χ1) is 8.47. The van der Waals surface area contributed by atoms with Crippen LogP contribution in [-0.2, 0) is 0 Å². The third-order valence-corrected chi connectivity index (χ3v) is 2.32. The van der Waals surface area contributed by atoms with Crippen molar-refractivity contribution < 1.29 is 9.47 Å². The maximum absolute atomic E-state index is 5.53. The molecule has 0 aliphatic carbocycles. The van der Waals surface area contributed by atoms with Gasteiger partial charge in [-0.25, -0.2) is 4.99 Å². The molecule has 0 amide bonds. The number of guanidine groups is 2. The molecule has 0 atom stereocenters. The highest BCUT2D eigenvalue weighted by Crippen LogP contribution is 2.36. The van der Waals surface area contributed by atoms with E-state index in [1.165, 1.54) is 14.2 Å². The van der Waals surface area contributed by atoms with E-state index in [1.807, 2.05) is 0 Å². The number of ether oxygens (including phenoxy) is 2. The average Bonchev–Trinajstić information content (AvgIpc) is 2.30. The second kappa shape index (κ2) is 6.01. The van der Waals surface area contributed by atoms with Crippen molar-refractivity contribution in [2.24, 2.45) is 27.2 Å². The van der Waals surface area contributed by atoms with Gasteiger partial charge in [-0.1, -0.05) is 0 Å². The molecule has 98 valence electrons. The first kappa shape index (κ1) is 14.0. The van der Waals surface area contributed by atoms with Crippen LogP contribution in [0.25, 0.3) is 0 Å². The monoisotopic (exact) mass is 269 g/mol. The van der Waals surface area contributed by atoms with Crippen LogP contribution >= 0.6 is 12.6 Å². The van der Waals surface area contributed by atoms with Gasteiger partial charge in [-0.2, -0.15) is 4.99 Å². The van der Waals surface area contributed by atoms with Gasteiger partial charge in [0.2, 0.25) is 5.96 Å². The molecule has 0 bridgehead atoms. The molecule has 0 aromatic heterocycles. The van der Waals surface area contributed by atoms with E-state index < -0.39 is 0 Å². The first-order valence-corrected chi connectivity index (χ1v) is 5.31. The molecule has 0 aliphatic heterocycles. The van der Waals surface area contributed by atoms with E-state index in [0.717, 1.165) is 0 Å². The van der Waals surface area contributed by atoms with Crippen LogP contribution in [0.3, 0.4) is 0 Å². The second-order valence-electron chi connectivity index (χ2n) is 3.20. The molecule has 7 nitrogen and oxygen atoms in total. The van der Waals surface area contributed by atoms with Gasteiger partial charge < -0.3 is 26.7 Å². The minimum atomic E-state index is -0.169. The van der Waals surface area contributed by atoms with E-state index in [-0.39, 0.29) is 11.9 Å².